The van der Waals surface area contributed by atoms with Crippen molar-refractivity contribution < 1.29 is 46.4 Å². The molecule has 0 saturated heterocycles. The number of phosphoric ester groups is 1. The molecule has 0 aliphatic rings. The molecule has 56 heavy (non-hydrogen) atoms. The fraction of sp³-hybridized carbons (Fsp3) is 0.773. The number of unbranched alkanes of at least 4 members (excludes halogenated alkanes) is 14. The van der Waals surface area contributed by atoms with Gasteiger partial charge in [0.2, 0.25) is 0 Å². The number of carbonyl (C=O) groups excluding carboxylic acids is 2. The second kappa shape index (κ2) is 29.7. The molecule has 2 rings (SSSR count). The molecule has 322 valence electrons. The Hall–Kier alpha value is -2.43. The van der Waals surface area contributed by atoms with E-state index in [4.69, 9.17) is 33.1 Å². The maximum atomic E-state index is 12.7. The lowest BCUT2D eigenvalue weighted by atomic mass is 10.0. The second-order valence-corrected chi connectivity index (χ2v) is 16.8. The van der Waals surface area contributed by atoms with Gasteiger partial charge in [-0.25, -0.2) is 4.57 Å². The van der Waals surface area contributed by atoms with Gasteiger partial charge in [-0.3, -0.25) is 18.6 Å². The van der Waals surface area contributed by atoms with Crippen LogP contribution in [0.15, 0.2) is 14.9 Å². The third-order valence-electron chi connectivity index (χ3n) is 10.3. The molecule has 0 radical (unpaired) electrons. The lowest BCUT2D eigenvalue weighted by Crippen LogP contribution is -2.29. The number of hydrogen-bond acceptors (Lipinski definition) is 10. The van der Waals surface area contributed by atoms with E-state index in [0.29, 0.717) is 12.8 Å². The van der Waals surface area contributed by atoms with Gasteiger partial charge in [-0.15, -0.1) is 0 Å². The van der Waals surface area contributed by atoms with E-state index in [1.165, 1.54) is 48.8 Å². The number of nitrogens with two attached hydrogens (primary N) is 1. The number of phosphoric acid groups is 1. The van der Waals surface area contributed by atoms with Crippen LogP contribution in [0.25, 0.3) is 0 Å². The van der Waals surface area contributed by atoms with Crippen LogP contribution in [0.5, 0.6) is 0 Å². The van der Waals surface area contributed by atoms with Gasteiger partial charge < -0.3 is 28.9 Å². The number of aryl methyl sites for hydroxylation is 5. The van der Waals surface area contributed by atoms with Crippen molar-refractivity contribution in [3.8, 4) is 0 Å². The Bertz CT molecular complexity index is 1400. The SMILES string of the molecule is CCCCCc1cc(C)c(CCCCCCCCCCC(=O)O[C@H](COC(=O)CCCCCCCCc2oc(CCC)c(C)c2C)COP(=O)(O)OCCN)o1. The van der Waals surface area contributed by atoms with Gasteiger partial charge in [0.25, 0.3) is 0 Å². The van der Waals surface area contributed by atoms with Crippen LogP contribution in [0.4, 0.5) is 0 Å². The summed E-state index contributed by atoms with van der Waals surface area (Å²) in [5.74, 6) is 3.62. The van der Waals surface area contributed by atoms with Crippen LogP contribution in [-0.4, -0.2) is 49.3 Å². The van der Waals surface area contributed by atoms with E-state index in [-0.39, 0.29) is 32.6 Å². The third kappa shape index (κ3) is 21.9. The maximum absolute atomic E-state index is 12.7. The molecule has 2 aromatic heterocycles. The van der Waals surface area contributed by atoms with Gasteiger partial charge in [0.1, 0.15) is 29.6 Å². The van der Waals surface area contributed by atoms with Gasteiger partial charge in [0, 0.05) is 45.1 Å². The number of rotatable bonds is 35. The van der Waals surface area contributed by atoms with E-state index in [9.17, 15) is 19.0 Å². The minimum atomic E-state index is -4.40. The topological polar surface area (TPSA) is 161 Å². The molecular weight excluding hydrogens is 733 g/mol. The zero-order chi connectivity index (χ0) is 41.0. The molecule has 0 saturated carbocycles. The first-order valence-electron chi connectivity index (χ1n) is 21.8. The largest absolute Gasteiger partial charge is 0.472 e. The quantitative estimate of drug-likeness (QED) is 0.0387. The van der Waals surface area contributed by atoms with Crippen molar-refractivity contribution in [3.63, 3.8) is 0 Å². The highest BCUT2D eigenvalue weighted by atomic mass is 31.2. The predicted molar refractivity (Wildman–Crippen MR) is 222 cm³/mol. The molecule has 3 N–H and O–H groups in total. The fourth-order valence-corrected chi connectivity index (χ4v) is 7.58. The van der Waals surface area contributed by atoms with E-state index in [0.717, 1.165) is 119 Å². The van der Waals surface area contributed by atoms with Crippen molar-refractivity contribution in [1.82, 2.24) is 0 Å². The molecule has 2 atom stereocenters. The smallest absolute Gasteiger partial charge is 0.466 e. The third-order valence-corrected chi connectivity index (χ3v) is 11.3. The van der Waals surface area contributed by atoms with Crippen molar-refractivity contribution in [2.45, 2.75) is 195 Å². The molecule has 0 aromatic carbocycles. The van der Waals surface area contributed by atoms with Crippen molar-refractivity contribution in [2.75, 3.05) is 26.4 Å². The van der Waals surface area contributed by atoms with Crippen LogP contribution in [0, 0.1) is 20.8 Å². The zero-order valence-corrected chi connectivity index (χ0v) is 36.5. The second-order valence-electron chi connectivity index (χ2n) is 15.4. The van der Waals surface area contributed by atoms with Gasteiger partial charge >= 0.3 is 19.8 Å². The summed E-state index contributed by atoms with van der Waals surface area (Å²) < 4.78 is 45.1. The maximum Gasteiger partial charge on any atom is 0.472 e. The highest BCUT2D eigenvalue weighted by Crippen LogP contribution is 2.43. The van der Waals surface area contributed by atoms with Gasteiger partial charge in [-0.1, -0.05) is 90.9 Å². The van der Waals surface area contributed by atoms with E-state index in [1.807, 2.05) is 0 Å². The molecule has 12 heteroatoms. The number of hydrogen-bond donors (Lipinski definition) is 2. The van der Waals surface area contributed by atoms with Gasteiger partial charge in [0.15, 0.2) is 6.10 Å². The average Bonchev–Trinajstić information content (AvgIpc) is 3.66. The zero-order valence-electron chi connectivity index (χ0n) is 35.6. The minimum Gasteiger partial charge on any atom is -0.466 e. The highest BCUT2D eigenvalue weighted by Gasteiger charge is 2.26. The van der Waals surface area contributed by atoms with Crippen molar-refractivity contribution in [1.29, 1.82) is 0 Å². The van der Waals surface area contributed by atoms with Crippen LogP contribution < -0.4 is 5.73 Å². The average molecular weight is 810 g/mol. The molecule has 0 fully saturated rings. The monoisotopic (exact) mass is 810 g/mol. The fourth-order valence-electron chi connectivity index (χ4n) is 6.81. The number of furan rings is 2. The van der Waals surface area contributed by atoms with Crippen molar-refractivity contribution in [3.05, 3.63) is 45.8 Å². The van der Waals surface area contributed by atoms with Crippen LogP contribution in [0.3, 0.4) is 0 Å². The Labute approximate surface area is 338 Å². The Balaban J connectivity index is 1.60. The highest BCUT2D eigenvalue weighted by molar-refractivity contribution is 7.47. The molecule has 0 spiro atoms. The summed E-state index contributed by atoms with van der Waals surface area (Å²) in [4.78, 5) is 35.1. The molecule has 1 unspecified atom stereocenters. The van der Waals surface area contributed by atoms with Crippen LogP contribution in [0.2, 0.25) is 0 Å². The molecule has 2 aromatic rings. The molecular formula is C44H76NO10P. The summed E-state index contributed by atoms with van der Waals surface area (Å²) in [6.45, 7) is 9.98. The number of ether oxygens (including phenoxy) is 2. The summed E-state index contributed by atoms with van der Waals surface area (Å²) >= 11 is 0. The first-order valence-corrected chi connectivity index (χ1v) is 23.3. The lowest BCUT2D eigenvalue weighted by Gasteiger charge is -2.19. The van der Waals surface area contributed by atoms with Gasteiger partial charge in [-0.2, -0.15) is 0 Å². The Morgan fingerprint density at radius 1 is 0.661 bits per heavy atom. The Kier molecular flexibility index (Phi) is 26.4. The first-order chi connectivity index (χ1) is 27.0. The van der Waals surface area contributed by atoms with Gasteiger partial charge in [0.05, 0.1) is 13.2 Å². The molecule has 11 nitrogen and oxygen atoms in total. The summed E-state index contributed by atoms with van der Waals surface area (Å²) in [5.41, 5.74) is 9.20. The Morgan fingerprint density at radius 2 is 1.20 bits per heavy atom. The molecule has 0 amide bonds. The predicted octanol–water partition coefficient (Wildman–Crippen LogP) is 11.1. The van der Waals surface area contributed by atoms with E-state index < -0.39 is 32.5 Å². The van der Waals surface area contributed by atoms with Crippen molar-refractivity contribution in [2.24, 2.45) is 5.73 Å². The molecule has 0 bridgehead atoms. The normalized spacial score (nSPS) is 13.2. The summed E-state index contributed by atoms with van der Waals surface area (Å²) in [6, 6.07) is 2.20. The lowest BCUT2D eigenvalue weighted by molar-refractivity contribution is -0.161. The molecule has 0 aliphatic heterocycles. The van der Waals surface area contributed by atoms with Crippen LogP contribution in [0.1, 0.15) is 182 Å². The molecule has 2 heterocycles. The molecule has 0 aliphatic carbocycles. The van der Waals surface area contributed by atoms with E-state index in [2.05, 4.69) is 40.7 Å². The summed E-state index contributed by atoms with van der Waals surface area (Å²) in [5, 5.41) is 0. The summed E-state index contributed by atoms with van der Waals surface area (Å²) in [6.07, 6.45) is 22.4. The minimum absolute atomic E-state index is 0.0414. The first kappa shape index (κ1) is 49.7. The Morgan fingerprint density at radius 3 is 1.79 bits per heavy atom. The van der Waals surface area contributed by atoms with Crippen LogP contribution in [-0.2, 0) is 58.4 Å². The standard InChI is InChI=1S/C44H76NO10P/c1-6-8-19-25-38-32-35(3)40(53-38)26-20-15-11-9-10-12-18-23-29-44(47)54-39(34-52-56(48,49)51-31-30-45)33-50-43(46)28-22-17-14-13-16-21-27-42-37(5)36(4)41(55-42)24-7-2/h32,39H,6-31,33-34,45H2,1-5H3,(H,48,49)/t39-/m1/s1. The number of esters is 2. The van der Waals surface area contributed by atoms with E-state index in [1.54, 1.807) is 0 Å². The number of carbonyl (C=O) groups is 2. The summed E-state index contributed by atoms with van der Waals surface area (Å²) in [7, 11) is -4.40. The van der Waals surface area contributed by atoms with Gasteiger partial charge in [-0.05, 0) is 82.1 Å². The van der Waals surface area contributed by atoms with E-state index >= 15 is 0 Å². The van der Waals surface area contributed by atoms with Crippen LogP contribution >= 0.6 is 7.82 Å². The van der Waals surface area contributed by atoms with Crippen molar-refractivity contribution >= 4 is 19.8 Å².